The lowest BCUT2D eigenvalue weighted by Gasteiger charge is -2.14. The minimum atomic E-state index is 0.879. The third-order valence-corrected chi connectivity index (χ3v) is 8.85. The Morgan fingerprint density at radius 2 is 1.00 bits per heavy atom. The van der Waals surface area contributed by atoms with Gasteiger partial charge in [-0.2, -0.15) is 0 Å². The van der Waals surface area contributed by atoms with E-state index >= 15 is 0 Å². The molecule has 0 radical (unpaired) electrons. The molecular formula is C42H27NO. The van der Waals surface area contributed by atoms with E-state index in [-0.39, 0.29) is 0 Å². The average Bonchev–Trinajstić information content (AvgIpc) is 3.49. The molecule has 1 heterocycles. The first-order chi connectivity index (χ1) is 21.8. The zero-order valence-electron chi connectivity index (χ0n) is 23.9. The first-order valence-corrected chi connectivity index (χ1v) is 15.0. The molecule has 9 rings (SSSR count). The summed E-state index contributed by atoms with van der Waals surface area (Å²) in [7, 11) is 0. The van der Waals surface area contributed by atoms with E-state index in [0.717, 1.165) is 33.3 Å². The van der Waals surface area contributed by atoms with E-state index in [1.165, 1.54) is 54.6 Å². The highest BCUT2D eigenvalue weighted by molar-refractivity contribution is 6.22. The first-order valence-electron chi connectivity index (χ1n) is 15.0. The van der Waals surface area contributed by atoms with Crippen LogP contribution in [0.4, 0.5) is 11.4 Å². The largest absolute Gasteiger partial charge is 0.454 e. The van der Waals surface area contributed by atoms with Crippen molar-refractivity contribution in [1.29, 1.82) is 0 Å². The van der Waals surface area contributed by atoms with Crippen molar-refractivity contribution in [1.82, 2.24) is 0 Å². The third-order valence-electron chi connectivity index (χ3n) is 8.85. The number of furan rings is 1. The SMILES string of the molecule is c1ccc2c(-c3ccc(-c4ccc(Nc5cc6ccccc6c6c5oc5ccccc56)cc4)c4ccccc34)cccc2c1. The molecule has 206 valence electrons. The van der Waals surface area contributed by atoms with Gasteiger partial charge in [0.05, 0.1) is 5.69 Å². The number of benzene rings is 8. The molecule has 0 bridgehead atoms. The number of rotatable bonds is 4. The molecule has 0 atom stereocenters. The zero-order chi connectivity index (χ0) is 29.0. The standard InChI is InChI=1S/C42H27NO/c1-3-13-31-27(10-1)12-9-18-35(31)37-25-24-32(34-15-5-6-16-36(34)37)28-20-22-30(23-21-28)43-39-26-29-11-2-4-14-33(29)41-38-17-7-8-19-40(38)44-42(39)41/h1-26,43H. The molecule has 8 aromatic carbocycles. The minimum absolute atomic E-state index is 0.879. The molecule has 0 aliphatic heterocycles. The van der Waals surface area contributed by atoms with E-state index in [4.69, 9.17) is 4.42 Å². The predicted molar refractivity (Wildman–Crippen MR) is 187 cm³/mol. The summed E-state index contributed by atoms with van der Waals surface area (Å²) in [5.74, 6) is 0. The van der Waals surface area contributed by atoms with Crippen molar-refractivity contribution in [2.45, 2.75) is 0 Å². The molecule has 2 heteroatoms. The topological polar surface area (TPSA) is 25.2 Å². The number of para-hydroxylation sites is 1. The molecule has 0 spiro atoms. The summed E-state index contributed by atoms with van der Waals surface area (Å²) in [6, 6.07) is 56.2. The van der Waals surface area contributed by atoms with E-state index in [9.17, 15) is 0 Å². The lowest BCUT2D eigenvalue weighted by molar-refractivity contribution is 0.670. The van der Waals surface area contributed by atoms with Crippen molar-refractivity contribution < 1.29 is 4.42 Å². The molecule has 44 heavy (non-hydrogen) atoms. The Morgan fingerprint density at radius 1 is 0.409 bits per heavy atom. The quantitative estimate of drug-likeness (QED) is 0.231. The highest BCUT2D eigenvalue weighted by Gasteiger charge is 2.16. The molecule has 0 aliphatic rings. The smallest absolute Gasteiger partial charge is 0.159 e. The van der Waals surface area contributed by atoms with E-state index < -0.39 is 0 Å². The summed E-state index contributed by atoms with van der Waals surface area (Å²) in [5.41, 5.74) is 8.68. The Bertz CT molecular complexity index is 2520. The van der Waals surface area contributed by atoms with E-state index in [0.29, 0.717) is 0 Å². The maximum absolute atomic E-state index is 6.42. The second-order valence-electron chi connectivity index (χ2n) is 11.4. The van der Waals surface area contributed by atoms with Gasteiger partial charge < -0.3 is 9.73 Å². The van der Waals surface area contributed by atoms with Crippen LogP contribution in [-0.2, 0) is 0 Å². The van der Waals surface area contributed by atoms with Gasteiger partial charge in [0.1, 0.15) is 5.58 Å². The van der Waals surface area contributed by atoms with Crippen LogP contribution >= 0.6 is 0 Å². The van der Waals surface area contributed by atoms with Crippen molar-refractivity contribution in [3.63, 3.8) is 0 Å². The molecule has 1 aromatic heterocycles. The van der Waals surface area contributed by atoms with Crippen LogP contribution in [0.15, 0.2) is 162 Å². The Kier molecular flexibility index (Phi) is 5.54. The van der Waals surface area contributed by atoms with Crippen LogP contribution < -0.4 is 5.32 Å². The summed E-state index contributed by atoms with van der Waals surface area (Å²) in [4.78, 5) is 0. The van der Waals surface area contributed by atoms with Gasteiger partial charge >= 0.3 is 0 Å². The monoisotopic (exact) mass is 561 g/mol. The molecule has 0 fully saturated rings. The lowest BCUT2D eigenvalue weighted by atomic mass is 9.90. The number of nitrogens with one attached hydrogen (secondary N) is 1. The van der Waals surface area contributed by atoms with E-state index in [2.05, 4.69) is 151 Å². The Hall–Kier alpha value is -5.86. The van der Waals surface area contributed by atoms with Gasteiger partial charge in [-0.15, -0.1) is 0 Å². The molecule has 0 unspecified atom stereocenters. The van der Waals surface area contributed by atoms with Gasteiger partial charge in [-0.1, -0.05) is 133 Å². The fraction of sp³-hybridized carbons (Fsp3) is 0. The minimum Gasteiger partial charge on any atom is -0.454 e. The Balaban J connectivity index is 1.12. The van der Waals surface area contributed by atoms with Crippen molar-refractivity contribution in [3.05, 3.63) is 158 Å². The van der Waals surface area contributed by atoms with Gasteiger partial charge in [0.15, 0.2) is 5.58 Å². The van der Waals surface area contributed by atoms with Gasteiger partial charge in [0.25, 0.3) is 0 Å². The number of fused-ring (bicyclic) bond motifs is 7. The van der Waals surface area contributed by atoms with Crippen LogP contribution in [0.1, 0.15) is 0 Å². The number of anilines is 2. The maximum Gasteiger partial charge on any atom is 0.159 e. The molecular weight excluding hydrogens is 534 g/mol. The van der Waals surface area contributed by atoms with Gasteiger partial charge in [-0.25, -0.2) is 0 Å². The third kappa shape index (κ3) is 3.89. The van der Waals surface area contributed by atoms with E-state index in [1.54, 1.807) is 0 Å². The van der Waals surface area contributed by atoms with Crippen molar-refractivity contribution >= 4 is 65.6 Å². The van der Waals surface area contributed by atoms with Gasteiger partial charge in [-0.3, -0.25) is 0 Å². The van der Waals surface area contributed by atoms with Crippen LogP contribution in [0.3, 0.4) is 0 Å². The molecule has 0 saturated heterocycles. The average molecular weight is 562 g/mol. The summed E-state index contributed by atoms with van der Waals surface area (Å²) >= 11 is 0. The second-order valence-corrected chi connectivity index (χ2v) is 11.4. The fourth-order valence-corrected chi connectivity index (χ4v) is 6.80. The highest BCUT2D eigenvalue weighted by atomic mass is 16.3. The van der Waals surface area contributed by atoms with Crippen molar-refractivity contribution in [2.75, 3.05) is 5.32 Å². The fourth-order valence-electron chi connectivity index (χ4n) is 6.80. The zero-order valence-corrected chi connectivity index (χ0v) is 23.9. The Morgan fingerprint density at radius 3 is 1.82 bits per heavy atom. The molecule has 0 saturated carbocycles. The summed E-state index contributed by atoms with van der Waals surface area (Å²) in [6.45, 7) is 0. The van der Waals surface area contributed by atoms with Crippen molar-refractivity contribution in [2.24, 2.45) is 0 Å². The normalized spacial score (nSPS) is 11.6. The van der Waals surface area contributed by atoms with Crippen LogP contribution in [0.5, 0.6) is 0 Å². The lowest BCUT2D eigenvalue weighted by Crippen LogP contribution is -1.92. The van der Waals surface area contributed by atoms with E-state index in [1.807, 2.05) is 12.1 Å². The summed E-state index contributed by atoms with van der Waals surface area (Å²) < 4.78 is 6.42. The van der Waals surface area contributed by atoms with Gasteiger partial charge in [-0.05, 0) is 78.8 Å². The molecule has 2 nitrogen and oxygen atoms in total. The summed E-state index contributed by atoms with van der Waals surface area (Å²) in [6.07, 6.45) is 0. The van der Waals surface area contributed by atoms with Crippen LogP contribution in [0.25, 0.3) is 76.5 Å². The van der Waals surface area contributed by atoms with Crippen molar-refractivity contribution in [3.8, 4) is 22.3 Å². The van der Waals surface area contributed by atoms with Gasteiger partial charge in [0, 0.05) is 16.5 Å². The van der Waals surface area contributed by atoms with Crippen LogP contribution in [0, 0.1) is 0 Å². The Labute approximate surface area is 254 Å². The van der Waals surface area contributed by atoms with Gasteiger partial charge in [0.2, 0.25) is 0 Å². The molecule has 0 amide bonds. The number of hydrogen-bond donors (Lipinski definition) is 1. The molecule has 9 aromatic rings. The second kappa shape index (κ2) is 9.86. The molecule has 1 N–H and O–H groups in total. The molecule has 0 aliphatic carbocycles. The first kappa shape index (κ1) is 24.7. The highest BCUT2D eigenvalue weighted by Crippen LogP contribution is 2.41. The predicted octanol–water partition coefficient (Wildman–Crippen LogP) is 12.1. The van der Waals surface area contributed by atoms with Crippen LogP contribution in [-0.4, -0.2) is 0 Å². The number of hydrogen-bond acceptors (Lipinski definition) is 2. The van der Waals surface area contributed by atoms with Crippen LogP contribution in [0.2, 0.25) is 0 Å². The maximum atomic E-state index is 6.42. The summed E-state index contributed by atoms with van der Waals surface area (Å²) in [5, 5.41) is 13.4.